The van der Waals surface area contributed by atoms with Crippen LogP contribution in [0.3, 0.4) is 0 Å². The number of carbonyl (C=O) groups excluding carboxylic acids is 2. The molecule has 0 amide bonds. The molecule has 56 heavy (non-hydrogen) atoms. The number of hydrogen-bond donors (Lipinski definition) is 3. The topological polar surface area (TPSA) is 172 Å². The summed E-state index contributed by atoms with van der Waals surface area (Å²) in [6, 6.07) is -1.53. The zero-order chi connectivity index (χ0) is 41.4. The lowest BCUT2D eigenvalue weighted by atomic mass is 10.1. The van der Waals surface area contributed by atoms with Crippen molar-refractivity contribution in [1.82, 2.24) is 0 Å². The van der Waals surface area contributed by atoms with Gasteiger partial charge in [-0.05, 0) is 83.5 Å². The fourth-order valence-electron chi connectivity index (χ4n) is 4.95. The largest absolute Gasteiger partial charge is 0.480 e. The molecule has 318 valence electrons. The van der Waals surface area contributed by atoms with Crippen molar-refractivity contribution in [3.8, 4) is 0 Å². The van der Waals surface area contributed by atoms with E-state index in [-0.39, 0.29) is 19.4 Å². The van der Waals surface area contributed by atoms with Crippen molar-refractivity contribution in [1.29, 1.82) is 0 Å². The smallest absolute Gasteiger partial charge is 0.472 e. The molecule has 0 bridgehead atoms. The Morgan fingerprint density at radius 2 is 0.946 bits per heavy atom. The molecule has 0 aromatic heterocycles. The Hall–Kier alpha value is -3.34. The minimum absolute atomic E-state index is 0.102. The number of phosphoric acid groups is 1. The normalized spacial score (nSPS) is 14.6. The average Bonchev–Trinajstić information content (AvgIpc) is 3.17. The highest BCUT2D eigenvalue weighted by atomic mass is 31.2. The molecular weight excluding hydrogens is 733 g/mol. The molecule has 0 spiro atoms. The molecule has 0 aromatic carbocycles. The molecule has 0 radical (unpaired) electrons. The van der Waals surface area contributed by atoms with Gasteiger partial charge in [0, 0.05) is 12.8 Å². The van der Waals surface area contributed by atoms with Gasteiger partial charge in [-0.25, -0.2) is 4.57 Å². The zero-order valence-electron chi connectivity index (χ0n) is 34.2. The van der Waals surface area contributed by atoms with E-state index in [1.165, 1.54) is 12.8 Å². The number of phosphoric ester groups is 1. The van der Waals surface area contributed by atoms with Gasteiger partial charge in [-0.3, -0.25) is 23.4 Å². The van der Waals surface area contributed by atoms with Crippen LogP contribution in [0.1, 0.15) is 142 Å². The first kappa shape index (κ1) is 52.7. The maximum Gasteiger partial charge on any atom is 0.472 e. The summed E-state index contributed by atoms with van der Waals surface area (Å²) < 4.78 is 32.6. The number of hydrogen-bond acceptors (Lipinski definition) is 9. The maximum atomic E-state index is 12.6. The molecule has 0 saturated heterocycles. The van der Waals surface area contributed by atoms with Crippen LogP contribution in [0.5, 0.6) is 0 Å². The van der Waals surface area contributed by atoms with E-state index in [4.69, 9.17) is 24.8 Å². The van der Waals surface area contributed by atoms with Crippen LogP contribution in [0.15, 0.2) is 85.1 Å². The second-order valence-electron chi connectivity index (χ2n) is 13.4. The summed E-state index contributed by atoms with van der Waals surface area (Å²) in [6.07, 6.45) is 46.5. The number of nitrogens with two attached hydrogens (primary N) is 1. The average molecular weight is 806 g/mol. The third kappa shape index (κ3) is 37.6. The number of carboxylic acids is 1. The number of ether oxygens (including phenoxy) is 2. The first-order valence-electron chi connectivity index (χ1n) is 20.6. The van der Waals surface area contributed by atoms with E-state index in [9.17, 15) is 23.8 Å². The van der Waals surface area contributed by atoms with Gasteiger partial charge < -0.3 is 25.2 Å². The van der Waals surface area contributed by atoms with Crippen molar-refractivity contribution in [3.63, 3.8) is 0 Å². The van der Waals surface area contributed by atoms with Gasteiger partial charge in [0.15, 0.2) is 6.10 Å². The van der Waals surface area contributed by atoms with E-state index in [1.807, 2.05) is 0 Å². The third-order valence-electron chi connectivity index (χ3n) is 8.14. The summed E-state index contributed by atoms with van der Waals surface area (Å²) in [6.45, 7) is 2.50. The van der Waals surface area contributed by atoms with Gasteiger partial charge in [-0.1, -0.05) is 131 Å². The number of esters is 2. The molecule has 0 aliphatic rings. The Bertz CT molecular complexity index is 1270. The Balaban J connectivity index is 4.48. The SMILES string of the molecule is CC/C=C\C/C=C\C/C=C\C/C=C\CCCCC(=O)OC(COC(=O)CCCCCCCCC/C=C\C/C=C\C/C=C\CC)COP(=O)(O)OCC(N)C(=O)O. The van der Waals surface area contributed by atoms with E-state index in [1.54, 1.807) is 0 Å². The number of allylic oxidation sites excluding steroid dienone is 14. The van der Waals surface area contributed by atoms with Gasteiger partial charge in [0.1, 0.15) is 12.6 Å². The molecule has 3 unspecified atom stereocenters. The fourth-order valence-corrected chi connectivity index (χ4v) is 5.73. The summed E-state index contributed by atoms with van der Waals surface area (Å²) in [5, 5.41) is 8.88. The lowest BCUT2D eigenvalue weighted by molar-refractivity contribution is -0.161. The second kappa shape index (κ2) is 38.5. The highest BCUT2D eigenvalue weighted by molar-refractivity contribution is 7.47. The minimum Gasteiger partial charge on any atom is -0.480 e. The van der Waals surface area contributed by atoms with Gasteiger partial charge in [0.25, 0.3) is 0 Å². The summed E-state index contributed by atoms with van der Waals surface area (Å²) in [4.78, 5) is 45.9. The van der Waals surface area contributed by atoms with Crippen molar-refractivity contribution < 1.29 is 47.5 Å². The molecule has 0 fully saturated rings. The van der Waals surface area contributed by atoms with Gasteiger partial charge >= 0.3 is 25.7 Å². The summed E-state index contributed by atoms with van der Waals surface area (Å²) in [5.74, 6) is -2.46. The van der Waals surface area contributed by atoms with E-state index in [0.717, 1.165) is 89.9 Å². The van der Waals surface area contributed by atoms with Crippen LogP contribution in [-0.4, -0.2) is 59.9 Å². The van der Waals surface area contributed by atoms with Crippen LogP contribution in [0.2, 0.25) is 0 Å². The van der Waals surface area contributed by atoms with Crippen LogP contribution in [0.4, 0.5) is 0 Å². The molecular formula is C44H72NO10P. The zero-order valence-corrected chi connectivity index (χ0v) is 35.1. The van der Waals surface area contributed by atoms with Crippen LogP contribution < -0.4 is 5.73 Å². The molecule has 0 aromatic rings. The monoisotopic (exact) mass is 805 g/mol. The Morgan fingerprint density at radius 3 is 1.45 bits per heavy atom. The second-order valence-corrected chi connectivity index (χ2v) is 14.8. The molecule has 11 nitrogen and oxygen atoms in total. The van der Waals surface area contributed by atoms with Crippen LogP contribution in [0, 0.1) is 0 Å². The van der Waals surface area contributed by atoms with Crippen molar-refractivity contribution in [2.75, 3.05) is 19.8 Å². The number of aliphatic carboxylic acids is 1. The van der Waals surface area contributed by atoms with Crippen molar-refractivity contribution in [2.24, 2.45) is 5.73 Å². The molecule has 0 heterocycles. The van der Waals surface area contributed by atoms with E-state index in [2.05, 4.69) is 103 Å². The molecule has 0 rings (SSSR count). The van der Waals surface area contributed by atoms with Gasteiger partial charge in [0.05, 0.1) is 13.2 Å². The van der Waals surface area contributed by atoms with Crippen molar-refractivity contribution in [2.45, 2.75) is 154 Å². The van der Waals surface area contributed by atoms with E-state index in [0.29, 0.717) is 12.8 Å². The maximum absolute atomic E-state index is 12.6. The Kier molecular flexibility index (Phi) is 36.2. The van der Waals surface area contributed by atoms with E-state index >= 15 is 0 Å². The van der Waals surface area contributed by atoms with E-state index < -0.39 is 51.1 Å². The minimum atomic E-state index is -4.73. The molecule has 0 saturated carbocycles. The molecule has 12 heteroatoms. The standard InChI is InChI=1S/C44H72NO10P/c1-3-5-7-9-11-13-15-17-19-20-22-23-25-27-29-31-33-35-42(46)52-37-40(38-53-56(50,51)54-39-41(45)44(48)49)55-43(47)36-34-32-30-28-26-24-21-18-16-14-12-10-8-6-4-2/h5-8,11-14,17-19,21,26,28,40-41H,3-4,9-10,15-16,20,22-25,27,29-39,45H2,1-2H3,(H,48,49)(H,50,51)/b7-5-,8-6-,13-11-,14-12-,19-17-,21-18-,28-26-. The number of carboxylic acid groups (broad SMARTS) is 1. The fraction of sp³-hybridized carbons (Fsp3) is 0.614. The third-order valence-corrected chi connectivity index (χ3v) is 9.09. The number of rotatable bonds is 37. The van der Waals surface area contributed by atoms with Gasteiger partial charge in [-0.15, -0.1) is 0 Å². The first-order chi connectivity index (χ1) is 27.1. The quantitative estimate of drug-likeness (QED) is 0.0236. The Labute approximate surface area is 337 Å². The summed E-state index contributed by atoms with van der Waals surface area (Å²) in [5.41, 5.74) is 5.32. The van der Waals surface area contributed by atoms with Crippen LogP contribution in [0.25, 0.3) is 0 Å². The molecule has 0 aliphatic heterocycles. The lowest BCUT2D eigenvalue weighted by Gasteiger charge is -2.20. The van der Waals surface area contributed by atoms with Gasteiger partial charge in [0.2, 0.25) is 0 Å². The predicted molar refractivity (Wildman–Crippen MR) is 226 cm³/mol. The number of unbranched alkanes of at least 4 members (excludes halogenated alkanes) is 9. The highest BCUT2D eigenvalue weighted by Gasteiger charge is 2.28. The van der Waals surface area contributed by atoms with Crippen LogP contribution in [-0.2, 0) is 37.5 Å². The lowest BCUT2D eigenvalue weighted by Crippen LogP contribution is -2.34. The van der Waals surface area contributed by atoms with Crippen molar-refractivity contribution >= 4 is 25.7 Å². The molecule has 0 aliphatic carbocycles. The highest BCUT2D eigenvalue weighted by Crippen LogP contribution is 2.43. The molecule has 3 atom stereocenters. The molecule has 4 N–H and O–H groups in total. The number of carbonyl (C=O) groups is 3. The van der Waals surface area contributed by atoms with Gasteiger partial charge in [-0.2, -0.15) is 0 Å². The Morgan fingerprint density at radius 1 is 0.554 bits per heavy atom. The first-order valence-corrected chi connectivity index (χ1v) is 22.1. The van der Waals surface area contributed by atoms with Crippen molar-refractivity contribution in [3.05, 3.63) is 85.1 Å². The summed E-state index contributed by atoms with van der Waals surface area (Å²) in [7, 11) is -4.73. The summed E-state index contributed by atoms with van der Waals surface area (Å²) >= 11 is 0. The predicted octanol–water partition coefficient (Wildman–Crippen LogP) is 10.7. The van der Waals surface area contributed by atoms with Crippen LogP contribution >= 0.6 is 7.82 Å².